The van der Waals surface area contributed by atoms with E-state index in [1.54, 1.807) is 4.90 Å². The summed E-state index contributed by atoms with van der Waals surface area (Å²) < 4.78 is 77.6. The molecule has 4 heterocycles. The number of likely N-dealkylation sites (tertiary alicyclic amines) is 2. The Kier molecular flexibility index (Phi) is 12.9. The third-order valence-electron chi connectivity index (χ3n) is 11.3. The minimum atomic E-state index is -5.08. The van der Waals surface area contributed by atoms with Gasteiger partial charge in [-0.25, -0.2) is 19.6 Å². The summed E-state index contributed by atoms with van der Waals surface area (Å²) in [6.07, 6.45) is 2.89. The SMILES string of the molecule is CCCCC1CN(CC2CCCCC2)C(=O)OC12CCN(C1(C)CCN(C(=O)c3c(C)nc(C(F)(F)F)nc3C)CC1)CC2.O=C(O)C(F)(F)F. The first-order valence-corrected chi connectivity index (χ1v) is 18.0. The summed E-state index contributed by atoms with van der Waals surface area (Å²) in [5.74, 6) is -3.34. The molecule has 1 atom stereocenters. The fraction of sp³-hybridized carbons (Fsp3) is 0.800. The number of amides is 2. The van der Waals surface area contributed by atoms with E-state index in [0.717, 1.165) is 71.1 Å². The topological polar surface area (TPSA) is 116 Å². The summed E-state index contributed by atoms with van der Waals surface area (Å²) in [6, 6.07) is 0. The highest BCUT2D eigenvalue weighted by Crippen LogP contribution is 2.44. The maximum absolute atomic E-state index is 13.4. The molecule has 0 radical (unpaired) electrons. The van der Waals surface area contributed by atoms with Gasteiger partial charge in [0.15, 0.2) is 0 Å². The summed E-state index contributed by atoms with van der Waals surface area (Å²) in [4.78, 5) is 49.1. The summed E-state index contributed by atoms with van der Waals surface area (Å²) >= 11 is 0. The van der Waals surface area contributed by atoms with Crippen molar-refractivity contribution in [1.82, 2.24) is 24.7 Å². The molecule has 0 bridgehead atoms. The normalized spacial score (nSPS) is 23.0. The Bertz CT molecular complexity index is 1360. The zero-order chi connectivity index (χ0) is 37.8. The molecule has 1 spiro atoms. The van der Waals surface area contributed by atoms with Gasteiger partial charge in [0, 0.05) is 63.6 Å². The minimum Gasteiger partial charge on any atom is -0.475 e. The van der Waals surface area contributed by atoms with Crippen LogP contribution in [0.15, 0.2) is 0 Å². The lowest BCUT2D eigenvalue weighted by atomic mass is 9.74. The Hall–Kier alpha value is -3.17. The number of ether oxygens (including phenoxy) is 1. The number of piperidine rings is 2. The van der Waals surface area contributed by atoms with E-state index in [0.29, 0.717) is 24.9 Å². The van der Waals surface area contributed by atoms with Crippen molar-refractivity contribution in [1.29, 1.82) is 0 Å². The Morgan fingerprint density at radius 3 is 1.96 bits per heavy atom. The van der Waals surface area contributed by atoms with E-state index in [1.165, 1.54) is 46.0 Å². The predicted molar refractivity (Wildman–Crippen MR) is 175 cm³/mol. The molecule has 0 aromatic carbocycles. The molecule has 1 saturated carbocycles. The molecule has 10 nitrogen and oxygen atoms in total. The van der Waals surface area contributed by atoms with E-state index >= 15 is 0 Å². The van der Waals surface area contributed by atoms with Crippen molar-refractivity contribution < 1.29 is 50.6 Å². The van der Waals surface area contributed by atoms with Gasteiger partial charge in [-0.3, -0.25) is 9.69 Å². The van der Waals surface area contributed by atoms with Crippen LogP contribution in [0.2, 0.25) is 0 Å². The molecular formula is C35H51F6N5O5. The highest BCUT2D eigenvalue weighted by molar-refractivity contribution is 5.96. The van der Waals surface area contributed by atoms with Crippen LogP contribution in [0.25, 0.3) is 0 Å². The average Bonchev–Trinajstić information content (AvgIpc) is 3.05. The lowest BCUT2D eigenvalue weighted by Crippen LogP contribution is -2.63. The van der Waals surface area contributed by atoms with Crippen molar-refractivity contribution in [3.63, 3.8) is 0 Å². The van der Waals surface area contributed by atoms with Crippen LogP contribution in [0.5, 0.6) is 0 Å². The van der Waals surface area contributed by atoms with Gasteiger partial charge in [0.2, 0.25) is 5.82 Å². The zero-order valence-electron chi connectivity index (χ0n) is 30.0. The van der Waals surface area contributed by atoms with Crippen LogP contribution in [0, 0.1) is 25.7 Å². The van der Waals surface area contributed by atoms with E-state index in [1.807, 2.05) is 4.90 Å². The lowest BCUT2D eigenvalue weighted by molar-refractivity contribution is -0.192. The standard InChI is InChI=1S/C33H50F3N5O3.C2HF3O2/c1-5-6-12-26-22-40(21-25-10-8-7-9-11-25)30(43)44-32(26)15-19-41(20-16-32)31(4)13-17-39(18-14-31)28(42)27-23(2)37-29(33(34,35)36)38-24(27)3;3-2(4,5)1(6)7/h25-26H,5-22H2,1-4H3;(H,6,7). The number of aryl methyl sites for hydroxylation is 2. The number of hydrogen-bond donors (Lipinski definition) is 1. The van der Waals surface area contributed by atoms with Crippen molar-refractivity contribution in [3.8, 4) is 0 Å². The van der Waals surface area contributed by atoms with Gasteiger partial charge in [0.05, 0.1) is 17.0 Å². The molecule has 1 aromatic heterocycles. The number of aliphatic carboxylic acids is 1. The minimum absolute atomic E-state index is 0.0569. The molecule has 4 aliphatic rings. The highest BCUT2D eigenvalue weighted by atomic mass is 19.4. The molecule has 16 heteroatoms. The summed E-state index contributed by atoms with van der Waals surface area (Å²) in [5.41, 5.74) is -0.237. The number of carbonyl (C=O) groups excluding carboxylic acids is 2. The van der Waals surface area contributed by atoms with E-state index in [4.69, 9.17) is 14.6 Å². The van der Waals surface area contributed by atoms with Gasteiger partial charge in [0.1, 0.15) is 5.60 Å². The summed E-state index contributed by atoms with van der Waals surface area (Å²) in [5, 5.41) is 7.12. The second-order valence-electron chi connectivity index (χ2n) is 14.9. The zero-order valence-corrected chi connectivity index (χ0v) is 30.0. The number of carbonyl (C=O) groups is 3. The van der Waals surface area contributed by atoms with Gasteiger partial charge in [-0.1, -0.05) is 39.0 Å². The Balaban J connectivity index is 0.000000755. The van der Waals surface area contributed by atoms with E-state index < -0.39 is 29.7 Å². The van der Waals surface area contributed by atoms with Crippen LogP contribution in [-0.2, 0) is 15.7 Å². The maximum atomic E-state index is 13.4. The molecule has 288 valence electrons. The quantitative estimate of drug-likeness (QED) is 0.288. The number of hydrogen-bond acceptors (Lipinski definition) is 7. The molecule has 3 aliphatic heterocycles. The van der Waals surface area contributed by atoms with Crippen molar-refractivity contribution in [2.45, 2.75) is 128 Å². The van der Waals surface area contributed by atoms with Crippen molar-refractivity contribution in [3.05, 3.63) is 22.8 Å². The number of unbranched alkanes of at least 4 members (excludes halogenated alkanes) is 1. The fourth-order valence-corrected chi connectivity index (χ4v) is 8.22. The number of aromatic nitrogens is 2. The highest BCUT2D eigenvalue weighted by Gasteiger charge is 2.52. The number of alkyl halides is 6. The van der Waals surface area contributed by atoms with Crippen LogP contribution in [-0.4, -0.2) is 104 Å². The van der Waals surface area contributed by atoms with Crippen molar-refractivity contribution in [2.75, 3.05) is 39.3 Å². The van der Waals surface area contributed by atoms with Crippen LogP contribution in [0.4, 0.5) is 31.1 Å². The third-order valence-corrected chi connectivity index (χ3v) is 11.3. The van der Waals surface area contributed by atoms with Crippen molar-refractivity contribution in [2.24, 2.45) is 11.8 Å². The first-order chi connectivity index (χ1) is 23.8. The van der Waals surface area contributed by atoms with Crippen LogP contribution >= 0.6 is 0 Å². The molecule has 1 aliphatic carbocycles. The smallest absolute Gasteiger partial charge is 0.475 e. The monoisotopic (exact) mass is 735 g/mol. The molecule has 51 heavy (non-hydrogen) atoms. The molecular weight excluding hydrogens is 684 g/mol. The van der Waals surface area contributed by atoms with E-state index in [9.17, 15) is 35.9 Å². The van der Waals surface area contributed by atoms with Crippen LogP contribution in [0.1, 0.15) is 118 Å². The number of rotatable bonds is 7. The van der Waals surface area contributed by atoms with Crippen LogP contribution < -0.4 is 0 Å². The first-order valence-electron chi connectivity index (χ1n) is 18.0. The molecule has 2 amide bonds. The van der Waals surface area contributed by atoms with Crippen LogP contribution in [0.3, 0.4) is 0 Å². The van der Waals surface area contributed by atoms with E-state index in [-0.39, 0.29) is 34.5 Å². The van der Waals surface area contributed by atoms with E-state index in [2.05, 4.69) is 28.7 Å². The van der Waals surface area contributed by atoms with Gasteiger partial charge in [-0.05, 0) is 58.8 Å². The van der Waals surface area contributed by atoms with Gasteiger partial charge < -0.3 is 19.6 Å². The number of carboxylic acids is 1. The molecule has 1 aromatic rings. The van der Waals surface area contributed by atoms with Gasteiger partial charge in [-0.2, -0.15) is 26.3 Å². The molecule has 5 rings (SSSR count). The average molecular weight is 736 g/mol. The Morgan fingerprint density at radius 1 is 0.922 bits per heavy atom. The van der Waals surface area contributed by atoms with Gasteiger partial charge in [0.25, 0.3) is 5.91 Å². The second-order valence-corrected chi connectivity index (χ2v) is 14.9. The van der Waals surface area contributed by atoms with Gasteiger partial charge in [-0.15, -0.1) is 0 Å². The van der Waals surface area contributed by atoms with Gasteiger partial charge >= 0.3 is 24.4 Å². The molecule has 3 saturated heterocycles. The van der Waals surface area contributed by atoms with Crippen molar-refractivity contribution >= 4 is 18.0 Å². The predicted octanol–water partition coefficient (Wildman–Crippen LogP) is 7.41. The summed E-state index contributed by atoms with van der Waals surface area (Å²) in [6.45, 7) is 11.7. The number of carboxylic acid groups (broad SMARTS) is 1. The Morgan fingerprint density at radius 2 is 1.47 bits per heavy atom. The largest absolute Gasteiger partial charge is 0.490 e. The fourth-order valence-electron chi connectivity index (χ4n) is 8.22. The maximum Gasteiger partial charge on any atom is 0.490 e. The molecule has 1 unspecified atom stereocenters. The Labute approximate surface area is 295 Å². The third kappa shape index (κ3) is 9.83. The molecule has 1 N–H and O–H groups in total. The number of halogens is 6. The second kappa shape index (κ2) is 16.2. The number of nitrogens with zero attached hydrogens (tertiary/aromatic N) is 5. The molecule has 4 fully saturated rings. The lowest BCUT2D eigenvalue weighted by Gasteiger charge is -2.55. The first kappa shape index (κ1) is 40.6. The summed E-state index contributed by atoms with van der Waals surface area (Å²) in [7, 11) is 0.